The van der Waals surface area contributed by atoms with E-state index < -0.39 is 10.0 Å². The lowest BCUT2D eigenvalue weighted by atomic mass is 10.2. The van der Waals surface area contributed by atoms with Gasteiger partial charge in [-0.15, -0.1) is 0 Å². The van der Waals surface area contributed by atoms with Crippen LogP contribution in [0.4, 0.5) is 5.82 Å². The van der Waals surface area contributed by atoms with Crippen molar-refractivity contribution in [3.05, 3.63) is 35.3 Å². The fraction of sp³-hybridized carbons (Fsp3) is 0.476. The number of aryl methyl sites for hydroxylation is 4. The Kier molecular flexibility index (Phi) is 5.61. The van der Waals surface area contributed by atoms with Gasteiger partial charge in [0.15, 0.2) is 5.82 Å². The van der Waals surface area contributed by atoms with E-state index in [9.17, 15) is 8.42 Å². The summed E-state index contributed by atoms with van der Waals surface area (Å²) in [4.78, 5) is 11.8. The number of aromatic nitrogens is 4. The van der Waals surface area contributed by atoms with Crippen LogP contribution < -0.4 is 9.64 Å². The zero-order valence-corrected chi connectivity index (χ0v) is 19.4. The van der Waals surface area contributed by atoms with Crippen molar-refractivity contribution in [3.63, 3.8) is 0 Å². The second kappa shape index (κ2) is 8.08. The molecule has 0 atom stereocenters. The summed E-state index contributed by atoms with van der Waals surface area (Å²) in [5, 5.41) is 4.51. The van der Waals surface area contributed by atoms with Crippen molar-refractivity contribution in [2.75, 3.05) is 38.2 Å². The molecule has 1 fully saturated rings. The molecule has 4 rings (SSSR count). The third-order valence-electron chi connectivity index (χ3n) is 5.67. The third kappa shape index (κ3) is 3.74. The molecule has 1 saturated heterocycles. The van der Waals surface area contributed by atoms with Crippen LogP contribution in [0.2, 0.25) is 0 Å². The number of rotatable bonds is 5. The molecule has 0 amide bonds. The number of methoxy groups -OCH3 is 1. The molecule has 166 valence electrons. The van der Waals surface area contributed by atoms with E-state index in [1.165, 1.54) is 11.4 Å². The van der Waals surface area contributed by atoms with Crippen molar-refractivity contribution in [3.8, 4) is 5.75 Å². The van der Waals surface area contributed by atoms with Gasteiger partial charge in [-0.05, 0) is 31.5 Å². The van der Waals surface area contributed by atoms with Crippen molar-refractivity contribution in [2.24, 2.45) is 7.05 Å². The zero-order valence-electron chi connectivity index (χ0n) is 18.6. The first-order valence-electron chi connectivity index (χ1n) is 10.4. The first kappa shape index (κ1) is 21.5. The van der Waals surface area contributed by atoms with Crippen LogP contribution in [-0.2, 0) is 23.5 Å². The Bertz CT molecular complexity index is 1230. The molecule has 31 heavy (non-hydrogen) atoms. The second-order valence-electron chi connectivity index (χ2n) is 7.77. The highest BCUT2D eigenvalue weighted by molar-refractivity contribution is 7.89. The summed E-state index contributed by atoms with van der Waals surface area (Å²) in [6, 6.07) is 5.21. The predicted octanol–water partition coefficient (Wildman–Crippen LogP) is 2.06. The quantitative estimate of drug-likeness (QED) is 0.595. The zero-order chi connectivity index (χ0) is 22.3. The molecule has 0 spiro atoms. The Labute approximate surface area is 182 Å². The molecule has 1 aliphatic heterocycles. The molecule has 9 nitrogen and oxygen atoms in total. The van der Waals surface area contributed by atoms with Crippen molar-refractivity contribution in [2.45, 2.75) is 32.1 Å². The van der Waals surface area contributed by atoms with Crippen LogP contribution >= 0.6 is 0 Å². The Morgan fingerprint density at radius 3 is 2.45 bits per heavy atom. The molecule has 1 aromatic carbocycles. The molecular weight excluding hydrogens is 416 g/mol. The number of hydrogen-bond acceptors (Lipinski definition) is 7. The fourth-order valence-electron chi connectivity index (χ4n) is 4.00. The molecule has 1 aliphatic rings. The van der Waals surface area contributed by atoms with Crippen LogP contribution in [0.1, 0.15) is 24.0 Å². The van der Waals surface area contributed by atoms with Crippen LogP contribution in [0.25, 0.3) is 11.0 Å². The summed E-state index contributed by atoms with van der Waals surface area (Å²) in [5.41, 5.74) is 3.47. The molecule has 0 saturated carbocycles. The van der Waals surface area contributed by atoms with Gasteiger partial charge in [-0.2, -0.15) is 9.40 Å². The van der Waals surface area contributed by atoms with E-state index in [2.05, 4.69) is 15.0 Å². The van der Waals surface area contributed by atoms with Crippen LogP contribution in [0, 0.1) is 13.8 Å². The lowest BCUT2D eigenvalue weighted by Gasteiger charge is -2.35. The molecule has 0 aliphatic carbocycles. The lowest BCUT2D eigenvalue weighted by molar-refractivity contribution is 0.373. The van der Waals surface area contributed by atoms with Gasteiger partial charge < -0.3 is 9.64 Å². The molecule has 0 unspecified atom stereocenters. The number of benzene rings is 1. The van der Waals surface area contributed by atoms with E-state index in [1.54, 1.807) is 16.8 Å². The van der Waals surface area contributed by atoms with Gasteiger partial charge in [0.2, 0.25) is 10.0 Å². The average molecular weight is 445 g/mol. The minimum absolute atomic E-state index is 0.211. The summed E-state index contributed by atoms with van der Waals surface area (Å²) < 4.78 is 35.3. The lowest BCUT2D eigenvalue weighted by Crippen LogP contribution is -2.49. The standard InChI is InChI=1S/C21H28N6O3S/c1-6-18-22-19-15(3)24-25(4)20(19)21(23-18)26-9-11-27(12-10-26)31(28,29)17-13-14(2)7-8-16(17)30-5/h7-8,13H,6,9-12H2,1-5H3. The van der Waals surface area contributed by atoms with Gasteiger partial charge in [-0.1, -0.05) is 13.0 Å². The smallest absolute Gasteiger partial charge is 0.246 e. The molecule has 0 bridgehead atoms. The number of hydrogen-bond donors (Lipinski definition) is 0. The van der Waals surface area contributed by atoms with Crippen molar-refractivity contribution < 1.29 is 13.2 Å². The van der Waals surface area contributed by atoms with E-state index in [1.807, 2.05) is 33.9 Å². The van der Waals surface area contributed by atoms with Gasteiger partial charge in [0.05, 0.1) is 12.8 Å². The first-order chi connectivity index (χ1) is 14.8. The van der Waals surface area contributed by atoms with Gasteiger partial charge in [0, 0.05) is 39.6 Å². The molecule has 2 aromatic heterocycles. The van der Waals surface area contributed by atoms with Gasteiger partial charge in [0.1, 0.15) is 27.5 Å². The Balaban J connectivity index is 1.63. The van der Waals surface area contributed by atoms with Gasteiger partial charge in [-0.3, -0.25) is 4.68 Å². The molecular formula is C21H28N6O3S. The van der Waals surface area contributed by atoms with E-state index in [-0.39, 0.29) is 4.90 Å². The third-order valence-corrected chi connectivity index (χ3v) is 7.59. The van der Waals surface area contributed by atoms with Crippen LogP contribution in [0.15, 0.2) is 23.1 Å². The van der Waals surface area contributed by atoms with E-state index in [4.69, 9.17) is 9.72 Å². The highest BCUT2D eigenvalue weighted by atomic mass is 32.2. The number of ether oxygens (including phenoxy) is 1. The highest BCUT2D eigenvalue weighted by Gasteiger charge is 2.32. The minimum Gasteiger partial charge on any atom is -0.495 e. The Morgan fingerprint density at radius 1 is 1.10 bits per heavy atom. The van der Waals surface area contributed by atoms with E-state index in [0.29, 0.717) is 31.9 Å². The number of nitrogens with zero attached hydrogens (tertiary/aromatic N) is 6. The van der Waals surface area contributed by atoms with Crippen LogP contribution in [0.5, 0.6) is 5.75 Å². The van der Waals surface area contributed by atoms with Gasteiger partial charge >= 0.3 is 0 Å². The number of anilines is 1. The predicted molar refractivity (Wildman–Crippen MR) is 119 cm³/mol. The summed E-state index contributed by atoms with van der Waals surface area (Å²) in [5.74, 6) is 1.94. The van der Waals surface area contributed by atoms with Gasteiger partial charge in [0.25, 0.3) is 0 Å². The summed E-state index contributed by atoms with van der Waals surface area (Å²) in [6.45, 7) is 7.64. The van der Waals surface area contributed by atoms with E-state index >= 15 is 0 Å². The Hall–Kier alpha value is -2.72. The van der Waals surface area contributed by atoms with Crippen LogP contribution in [0.3, 0.4) is 0 Å². The SMILES string of the molecule is CCc1nc(N2CCN(S(=O)(=O)c3cc(C)ccc3OC)CC2)c2c(n1)c(C)nn2C. The first-order valence-corrected chi connectivity index (χ1v) is 11.8. The average Bonchev–Trinajstić information content (AvgIpc) is 3.06. The molecule has 0 N–H and O–H groups in total. The van der Waals surface area contributed by atoms with E-state index in [0.717, 1.165) is 40.4 Å². The summed E-state index contributed by atoms with van der Waals surface area (Å²) >= 11 is 0. The summed E-state index contributed by atoms with van der Waals surface area (Å²) in [6.07, 6.45) is 0.721. The number of sulfonamides is 1. The van der Waals surface area contributed by atoms with Crippen LogP contribution in [-0.4, -0.2) is 65.8 Å². The minimum atomic E-state index is -3.66. The maximum absolute atomic E-state index is 13.3. The fourth-order valence-corrected chi connectivity index (χ4v) is 5.67. The maximum atomic E-state index is 13.3. The Morgan fingerprint density at radius 2 is 1.81 bits per heavy atom. The highest BCUT2D eigenvalue weighted by Crippen LogP contribution is 2.30. The maximum Gasteiger partial charge on any atom is 0.246 e. The number of piperazine rings is 1. The molecule has 3 aromatic rings. The second-order valence-corrected chi connectivity index (χ2v) is 9.68. The molecule has 0 radical (unpaired) electrons. The van der Waals surface area contributed by atoms with Gasteiger partial charge in [-0.25, -0.2) is 18.4 Å². The molecule has 3 heterocycles. The summed E-state index contributed by atoms with van der Waals surface area (Å²) in [7, 11) is -0.284. The van der Waals surface area contributed by atoms with Crippen molar-refractivity contribution in [1.82, 2.24) is 24.1 Å². The molecule has 10 heteroatoms. The number of fused-ring (bicyclic) bond motifs is 1. The topological polar surface area (TPSA) is 93.5 Å². The monoisotopic (exact) mass is 444 g/mol. The van der Waals surface area contributed by atoms with Crippen molar-refractivity contribution >= 4 is 26.9 Å². The van der Waals surface area contributed by atoms with Crippen molar-refractivity contribution in [1.29, 1.82) is 0 Å². The normalized spacial score (nSPS) is 15.6. The largest absolute Gasteiger partial charge is 0.495 e.